The summed E-state index contributed by atoms with van der Waals surface area (Å²) in [5.41, 5.74) is 3.19. The molecule has 2 aromatic carbocycles. The minimum absolute atomic E-state index is 0.0465. The molecule has 1 N–H and O–H groups in total. The summed E-state index contributed by atoms with van der Waals surface area (Å²) in [4.78, 5) is 23.7. The molecule has 0 bridgehead atoms. The molecule has 4 rings (SSSR count). The van der Waals surface area contributed by atoms with Gasteiger partial charge in [-0.15, -0.1) is 0 Å². The molecule has 1 saturated heterocycles. The number of nitrogens with zero attached hydrogens (tertiary/aromatic N) is 3. The van der Waals surface area contributed by atoms with E-state index in [0.29, 0.717) is 5.56 Å². The van der Waals surface area contributed by atoms with Crippen LogP contribution in [0, 0.1) is 5.82 Å². The molecule has 1 aliphatic rings. The number of carbonyl (C=O) groups is 1. The zero-order chi connectivity index (χ0) is 20.4. The SMILES string of the molecule is CC(C)NC(=O)c1ccc(-c2ccc3ncc(N4CCCCC4)nc3c2)cc1F. The number of hydrogen-bond donors (Lipinski definition) is 1. The Morgan fingerprint density at radius 2 is 1.76 bits per heavy atom. The van der Waals surface area contributed by atoms with Crippen molar-refractivity contribution in [1.82, 2.24) is 15.3 Å². The second-order valence-corrected chi connectivity index (χ2v) is 7.80. The molecule has 6 heteroatoms. The van der Waals surface area contributed by atoms with Crippen molar-refractivity contribution < 1.29 is 9.18 Å². The number of aromatic nitrogens is 2. The van der Waals surface area contributed by atoms with Crippen LogP contribution >= 0.6 is 0 Å². The Morgan fingerprint density at radius 1 is 1.03 bits per heavy atom. The minimum Gasteiger partial charge on any atom is -0.355 e. The van der Waals surface area contributed by atoms with Crippen LogP contribution in [-0.4, -0.2) is 35.0 Å². The molecule has 1 fully saturated rings. The standard InChI is InChI=1S/C23H25FN4O/c1-15(2)26-23(29)18-8-6-16(12-19(18)24)17-7-9-20-21(13-17)27-22(14-25-20)28-10-4-3-5-11-28/h6-9,12-15H,3-5,10-11H2,1-2H3,(H,26,29). The van der Waals surface area contributed by atoms with Gasteiger partial charge >= 0.3 is 0 Å². The van der Waals surface area contributed by atoms with Crippen molar-refractivity contribution in [2.75, 3.05) is 18.0 Å². The summed E-state index contributed by atoms with van der Waals surface area (Å²) < 4.78 is 14.6. The molecule has 0 atom stereocenters. The van der Waals surface area contributed by atoms with Gasteiger partial charge in [0.15, 0.2) is 0 Å². The molecule has 5 nitrogen and oxygen atoms in total. The maximum atomic E-state index is 14.6. The Bertz CT molecular complexity index is 1040. The van der Waals surface area contributed by atoms with E-state index in [0.717, 1.165) is 35.5 Å². The molecule has 1 aliphatic heterocycles. The fourth-order valence-electron chi connectivity index (χ4n) is 3.68. The van der Waals surface area contributed by atoms with Gasteiger partial charge in [-0.25, -0.2) is 9.37 Å². The highest BCUT2D eigenvalue weighted by molar-refractivity contribution is 5.95. The Morgan fingerprint density at radius 3 is 2.48 bits per heavy atom. The highest BCUT2D eigenvalue weighted by atomic mass is 19.1. The van der Waals surface area contributed by atoms with Gasteiger partial charge < -0.3 is 10.2 Å². The summed E-state index contributed by atoms with van der Waals surface area (Å²) >= 11 is 0. The topological polar surface area (TPSA) is 58.1 Å². The van der Waals surface area contributed by atoms with Gasteiger partial charge in [0.1, 0.15) is 11.6 Å². The van der Waals surface area contributed by atoms with E-state index in [1.165, 1.54) is 31.4 Å². The summed E-state index contributed by atoms with van der Waals surface area (Å²) in [7, 11) is 0. The summed E-state index contributed by atoms with van der Waals surface area (Å²) in [6.45, 7) is 5.70. The molecule has 0 spiro atoms. The Balaban J connectivity index is 1.64. The number of piperidine rings is 1. The fraction of sp³-hybridized carbons (Fsp3) is 0.348. The predicted octanol–water partition coefficient (Wildman–Crippen LogP) is 4.56. The molecule has 1 aromatic heterocycles. The maximum Gasteiger partial charge on any atom is 0.254 e. The van der Waals surface area contributed by atoms with Crippen molar-refractivity contribution in [3.63, 3.8) is 0 Å². The predicted molar refractivity (Wildman–Crippen MR) is 114 cm³/mol. The smallest absolute Gasteiger partial charge is 0.254 e. The molecular weight excluding hydrogens is 367 g/mol. The quantitative estimate of drug-likeness (QED) is 0.707. The van der Waals surface area contributed by atoms with Crippen molar-refractivity contribution in [3.8, 4) is 11.1 Å². The molecule has 0 unspecified atom stereocenters. The summed E-state index contributed by atoms with van der Waals surface area (Å²) in [5.74, 6) is -0.0465. The zero-order valence-corrected chi connectivity index (χ0v) is 16.8. The monoisotopic (exact) mass is 392 g/mol. The fourth-order valence-corrected chi connectivity index (χ4v) is 3.68. The first-order valence-corrected chi connectivity index (χ1v) is 10.1. The molecule has 3 aromatic rings. The third-order valence-corrected chi connectivity index (χ3v) is 5.18. The van der Waals surface area contributed by atoms with Crippen LogP contribution in [0.4, 0.5) is 10.2 Å². The molecule has 0 saturated carbocycles. The van der Waals surface area contributed by atoms with Crippen LogP contribution in [0.3, 0.4) is 0 Å². The van der Waals surface area contributed by atoms with Gasteiger partial charge in [-0.05, 0) is 68.5 Å². The van der Waals surface area contributed by atoms with Gasteiger partial charge in [0.2, 0.25) is 0 Å². The average Bonchev–Trinajstić information content (AvgIpc) is 2.73. The van der Waals surface area contributed by atoms with Gasteiger partial charge in [-0.1, -0.05) is 12.1 Å². The van der Waals surface area contributed by atoms with Gasteiger partial charge in [-0.2, -0.15) is 0 Å². The molecular formula is C23H25FN4O. The molecule has 0 radical (unpaired) electrons. The van der Waals surface area contributed by atoms with E-state index < -0.39 is 11.7 Å². The van der Waals surface area contributed by atoms with Gasteiger partial charge in [0.25, 0.3) is 5.91 Å². The lowest BCUT2D eigenvalue weighted by molar-refractivity contribution is 0.0939. The van der Waals surface area contributed by atoms with E-state index in [-0.39, 0.29) is 11.6 Å². The Kier molecular flexibility index (Phi) is 5.43. The number of halogens is 1. The number of fused-ring (bicyclic) bond motifs is 1. The number of amides is 1. The largest absolute Gasteiger partial charge is 0.355 e. The highest BCUT2D eigenvalue weighted by Crippen LogP contribution is 2.26. The normalized spacial score (nSPS) is 14.4. The van der Waals surface area contributed by atoms with Crippen molar-refractivity contribution >= 4 is 22.8 Å². The van der Waals surface area contributed by atoms with Crippen molar-refractivity contribution in [2.45, 2.75) is 39.2 Å². The number of benzene rings is 2. The lowest BCUT2D eigenvalue weighted by Crippen LogP contribution is -2.30. The van der Waals surface area contributed by atoms with Gasteiger partial charge in [0.05, 0.1) is 22.8 Å². The first-order valence-electron chi connectivity index (χ1n) is 10.1. The summed E-state index contributed by atoms with van der Waals surface area (Å²) in [6.07, 6.45) is 5.44. The third kappa shape index (κ3) is 4.21. The second-order valence-electron chi connectivity index (χ2n) is 7.80. The first-order chi connectivity index (χ1) is 14.0. The molecule has 150 valence electrons. The van der Waals surface area contributed by atoms with Gasteiger partial charge in [0, 0.05) is 19.1 Å². The number of rotatable bonds is 4. The second kappa shape index (κ2) is 8.15. The van der Waals surface area contributed by atoms with Crippen LogP contribution in [0.1, 0.15) is 43.5 Å². The van der Waals surface area contributed by atoms with Crippen LogP contribution in [0.5, 0.6) is 0 Å². The number of nitrogens with one attached hydrogen (secondary N) is 1. The molecule has 2 heterocycles. The maximum absolute atomic E-state index is 14.6. The lowest BCUT2D eigenvalue weighted by atomic mass is 10.0. The van der Waals surface area contributed by atoms with E-state index in [1.54, 1.807) is 6.07 Å². The average molecular weight is 392 g/mol. The van der Waals surface area contributed by atoms with E-state index in [2.05, 4.69) is 15.2 Å². The van der Waals surface area contributed by atoms with E-state index in [4.69, 9.17) is 4.98 Å². The molecule has 29 heavy (non-hydrogen) atoms. The number of carbonyl (C=O) groups excluding carboxylic acids is 1. The summed E-state index contributed by atoms with van der Waals surface area (Å²) in [6, 6.07) is 10.4. The van der Waals surface area contributed by atoms with Crippen LogP contribution in [0.25, 0.3) is 22.2 Å². The molecule has 0 aliphatic carbocycles. The van der Waals surface area contributed by atoms with E-state index >= 15 is 0 Å². The van der Waals surface area contributed by atoms with E-state index in [1.807, 2.05) is 38.2 Å². The first kappa shape index (κ1) is 19.3. The van der Waals surface area contributed by atoms with Crippen LogP contribution in [0.2, 0.25) is 0 Å². The van der Waals surface area contributed by atoms with Gasteiger partial charge in [-0.3, -0.25) is 9.78 Å². The van der Waals surface area contributed by atoms with Crippen LogP contribution in [0.15, 0.2) is 42.6 Å². The summed E-state index contributed by atoms with van der Waals surface area (Å²) in [5, 5.41) is 2.72. The van der Waals surface area contributed by atoms with Crippen molar-refractivity contribution in [2.24, 2.45) is 0 Å². The molecule has 1 amide bonds. The van der Waals surface area contributed by atoms with Crippen LogP contribution < -0.4 is 10.2 Å². The highest BCUT2D eigenvalue weighted by Gasteiger charge is 2.15. The Labute approximate surface area is 170 Å². The third-order valence-electron chi connectivity index (χ3n) is 5.18. The number of anilines is 1. The Hall–Kier alpha value is -3.02. The van der Waals surface area contributed by atoms with Crippen LogP contribution in [-0.2, 0) is 0 Å². The lowest BCUT2D eigenvalue weighted by Gasteiger charge is -2.27. The number of hydrogen-bond acceptors (Lipinski definition) is 4. The van der Waals surface area contributed by atoms with Crippen molar-refractivity contribution in [3.05, 3.63) is 54.0 Å². The van der Waals surface area contributed by atoms with Crippen molar-refractivity contribution in [1.29, 1.82) is 0 Å². The minimum atomic E-state index is -0.533. The van der Waals surface area contributed by atoms with E-state index in [9.17, 15) is 9.18 Å². The zero-order valence-electron chi connectivity index (χ0n) is 16.8.